The number of ether oxygens (including phenoxy) is 3. The molecule has 228 valence electrons. The Bertz CT molecular complexity index is 1700. The predicted molar refractivity (Wildman–Crippen MR) is 167 cm³/mol. The van der Waals surface area contributed by atoms with Gasteiger partial charge in [-0.15, -0.1) is 0 Å². The zero-order chi connectivity index (χ0) is 30.8. The number of anilines is 1. The average Bonchev–Trinajstić information content (AvgIpc) is 3.52. The highest BCUT2D eigenvalue weighted by atomic mass is 35.5. The van der Waals surface area contributed by atoms with Gasteiger partial charge in [0.15, 0.2) is 6.73 Å². The van der Waals surface area contributed by atoms with Crippen LogP contribution in [0.15, 0.2) is 60.9 Å². The molecule has 0 spiro atoms. The Kier molecular flexibility index (Phi) is 8.76. The van der Waals surface area contributed by atoms with Crippen LogP contribution in [-0.2, 0) is 22.6 Å². The number of carboxylic acids is 1. The van der Waals surface area contributed by atoms with E-state index in [0.29, 0.717) is 50.9 Å². The zero-order valence-corrected chi connectivity index (χ0v) is 25.5. The SMILES string of the molecule is COCCn1cc(-c2cc(Cl)c(C(=O)N3COc4c(cccc4-c4ccc(C(=O)O)c(N5CCOCC5)c4)C3)c(Cl)c2)cn1. The fourth-order valence-corrected chi connectivity index (χ4v) is 6.15. The van der Waals surface area contributed by atoms with E-state index < -0.39 is 5.97 Å². The molecule has 0 bridgehead atoms. The number of carboxylic acid groups (broad SMARTS) is 1. The molecule has 3 heterocycles. The maximum Gasteiger partial charge on any atom is 0.337 e. The molecule has 4 aromatic rings. The van der Waals surface area contributed by atoms with Crippen molar-refractivity contribution in [3.05, 3.63) is 87.7 Å². The second-order valence-electron chi connectivity index (χ2n) is 10.5. The first-order chi connectivity index (χ1) is 21.3. The van der Waals surface area contributed by atoms with E-state index in [1.165, 1.54) is 0 Å². The van der Waals surface area contributed by atoms with Crippen LogP contribution in [0.25, 0.3) is 22.3 Å². The second kappa shape index (κ2) is 12.9. The predicted octanol–water partition coefficient (Wildman–Crippen LogP) is 5.70. The van der Waals surface area contributed by atoms with E-state index in [4.69, 9.17) is 37.4 Å². The molecule has 1 fully saturated rings. The molecular formula is C32H30Cl2N4O6. The third kappa shape index (κ3) is 5.98. The molecule has 1 N–H and O–H groups in total. The van der Waals surface area contributed by atoms with Gasteiger partial charge in [0.2, 0.25) is 0 Å². The van der Waals surface area contributed by atoms with Gasteiger partial charge in [0.1, 0.15) is 5.75 Å². The van der Waals surface area contributed by atoms with Crippen LogP contribution in [0.1, 0.15) is 26.3 Å². The number of hydrogen-bond donors (Lipinski definition) is 1. The summed E-state index contributed by atoms with van der Waals surface area (Å²) in [5.41, 5.74) is 5.08. The summed E-state index contributed by atoms with van der Waals surface area (Å²) in [6, 6.07) is 14.4. The van der Waals surface area contributed by atoms with Crippen molar-refractivity contribution in [1.82, 2.24) is 14.7 Å². The molecule has 3 aromatic carbocycles. The lowest BCUT2D eigenvalue weighted by Gasteiger charge is -2.32. The first kappa shape index (κ1) is 30.0. The summed E-state index contributed by atoms with van der Waals surface area (Å²) in [5.74, 6) is -0.689. The Morgan fingerprint density at radius 2 is 1.80 bits per heavy atom. The summed E-state index contributed by atoms with van der Waals surface area (Å²) in [4.78, 5) is 29.2. The minimum absolute atomic E-state index is 0.00689. The molecule has 44 heavy (non-hydrogen) atoms. The molecule has 0 atom stereocenters. The number of rotatable bonds is 8. The van der Waals surface area contributed by atoms with Crippen molar-refractivity contribution in [2.75, 3.05) is 51.7 Å². The summed E-state index contributed by atoms with van der Waals surface area (Å²) in [5, 5.41) is 14.6. The topological polar surface area (TPSA) is 106 Å². The molecule has 0 unspecified atom stereocenters. The standard InChI is InChI=1S/C32H30Cl2N4O6/c1-42-10-9-38-18-23(16-35-38)22-13-26(33)29(27(34)14-22)31(39)37-17-21-3-2-4-24(30(21)44-19-37)20-5-6-25(32(40)41)28(15-20)36-7-11-43-12-8-36/h2-6,13-16,18H,7-12,17,19H2,1H3,(H,40,41). The van der Waals surface area contributed by atoms with Crippen LogP contribution in [0.5, 0.6) is 5.75 Å². The first-order valence-electron chi connectivity index (χ1n) is 14.1. The molecule has 1 saturated heterocycles. The lowest BCUT2D eigenvalue weighted by molar-refractivity contribution is 0.0516. The lowest BCUT2D eigenvalue weighted by Crippen LogP contribution is -2.37. The maximum absolute atomic E-state index is 13.7. The Balaban J connectivity index is 1.25. The minimum Gasteiger partial charge on any atom is -0.478 e. The van der Waals surface area contributed by atoms with Gasteiger partial charge in [-0.2, -0.15) is 5.10 Å². The van der Waals surface area contributed by atoms with Crippen LogP contribution in [0.3, 0.4) is 0 Å². The van der Waals surface area contributed by atoms with Crippen LogP contribution in [-0.4, -0.2) is 78.4 Å². The van der Waals surface area contributed by atoms with Crippen molar-refractivity contribution in [3.63, 3.8) is 0 Å². The largest absolute Gasteiger partial charge is 0.478 e. The number of amides is 1. The maximum atomic E-state index is 13.7. The van der Waals surface area contributed by atoms with E-state index in [0.717, 1.165) is 27.8 Å². The van der Waals surface area contributed by atoms with E-state index in [2.05, 4.69) is 5.10 Å². The van der Waals surface area contributed by atoms with E-state index >= 15 is 0 Å². The molecule has 1 amide bonds. The Labute approximate surface area is 264 Å². The van der Waals surface area contributed by atoms with Gasteiger partial charge < -0.3 is 29.1 Å². The third-order valence-corrected chi connectivity index (χ3v) is 8.34. The highest BCUT2D eigenvalue weighted by Gasteiger charge is 2.29. The van der Waals surface area contributed by atoms with Gasteiger partial charge in [-0.1, -0.05) is 47.5 Å². The molecule has 6 rings (SSSR count). The number of carbonyl (C=O) groups excluding carboxylic acids is 1. The quantitative estimate of drug-likeness (QED) is 0.263. The van der Waals surface area contributed by atoms with E-state index in [1.54, 1.807) is 47.2 Å². The number of benzene rings is 3. The van der Waals surface area contributed by atoms with Gasteiger partial charge in [-0.05, 0) is 35.4 Å². The van der Waals surface area contributed by atoms with Crippen molar-refractivity contribution in [2.24, 2.45) is 0 Å². The zero-order valence-electron chi connectivity index (χ0n) is 24.0. The smallest absolute Gasteiger partial charge is 0.337 e. The molecule has 1 aromatic heterocycles. The molecule has 2 aliphatic rings. The third-order valence-electron chi connectivity index (χ3n) is 7.75. The second-order valence-corrected chi connectivity index (χ2v) is 11.3. The Morgan fingerprint density at radius 3 is 2.52 bits per heavy atom. The van der Waals surface area contributed by atoms with Crippen molar-refractivity contribution < 1.29 is 28.9 Å². The number of hydrogen-bond acceptors (Lipinski definition) is 7. The number of fused-ring (bicyclic) bond motifs is 1. The summed E-state index contributed by atoms with van der Waals surface area (Å²) < 4.78 is 18.5. The number of aromatic nitrogens is 2. The molecule has 12 heteroatoms. The fraction of sp³-hybridized carbons (Fsp3) is 0.281. The van der Waals surface area contributed by atoms with Crippen molar-refractivity contribution in [3.8, 4) is 28.0 Å². The molecule has 10 nitrogen and oxygen atoms in total. The van der Waals surface area contributed by atoms with E-state index in [1.807, 2.05) is 35.4 Å². The number of para-hydroxylation sites is 1. The summed E-state index contributed by atoms with van der Waals surface area (Å²) >= 11 is 13.3. The lowest BCUT2D eigenvalue weighted by atomic mass is 9.97. The van der Waals surface area contributed by atoms with Gasteiger partial charge in [0, 0.05) is 43.1 Å². The van der Waals surface area contributed by atoms with Crippen molar-refractivity contribution in [1.29, 1.82) is 0 Å². The monoisotopic (exact) mass is 636 g/mol. The summed E-state index contributed by atoms with van der Waals surface area (Å²) in [6.07, 6.45) is 3.58. The molecule has 0 radical (unpaired) electrons. The first-order valence-corrected chi connectivity index (χ1v) is 14.8. The summed E-state index contributed by atoms with van der Waals surface area (Å²) in [6.45, 7) is 3.70. The van der Waals surface area contributed by atoms with Crippen LogP contribution >= 0.6 is 23.2 Å². The number of aromatic carboxylic acids is 1. The Hall–Kier alpha value is -4.09. The number of morpholine rings is 1. The average molecular weight is 638 g/mol. The highest BCUT2D eigenvalue weighted by Crippen LogP contribution is 2.40. The van der Waals surface area contributed by atoms with E-state index in [9.17, 15) is 14.7 Å². The van der Waals surface area contributed by atoms with Crippen LogP contribution in [0.4, 0.5) is 5.69 Å². The molecule has 2 aliphatic heterocycles. The fourth-order valence-electron chi connectivity index (χ4n) is 5.50. The van der Waals surface area contributed by atoms with Gasteiger partial charge in [-0.3, -0.25) is 9.48 Å². The van der Waals surface area contributed by atoms with Crippen LogP contribution in [0.2, 0.25) is 10.0 Å². The van der Waals surface area contributed by atoms with Gasteiger partial charge >= 0.3 is 5.97 Å². The van der Waals surface area contributed by atoms with Crippen LogP contribution < -0.4 is 9.64 Å². The Morgan fingerprint density at radius 1 is 1.02 bits per heavy atom. The van der Waals surface area contributed by atoms with Gasteiger partial charge in [0.25, 0.3) is 5.91 Å². The van der Waals surface area contributed by atoms with Gasteiger partial charge in [-0.25, -0.2) is 4.79 Å². The van der Waals surface area contributed by atoms with Crippen molar-refractivity contribution >= 4 is 40.8 Å². The molecular weight excluding hydrogens is 607 g/mol. The normalized spacial score (nSPS) is 14.7. The number of nitrogens with zero attached hydrogens (tertiary/aromatic N) is 4. The van der Waals surface area contributed by atoms with Gasteiger partial charge in [0.05, 0.1) is 66.0 Å². The van der Waals surface area contributed by atoms with E-state index in [-0.39, 0.29) is 40.4 Å². The van der Waals surface area contributed by atoms with Crippen molar-refractivity contribution in [2.45, 2.75) is 13.1 Å². The molecule has 0 saturated carbocycles. The van der Waals surface area contributed by atoms with Crippen LogP contribution in [0, 0.1) is 0 Å². The number of halogens is 2. The highest BCUT2D eigenvalue weighted by molar-refractivity contribution is 6.40. The minimum atomic E-state index is -0.985. The summed E-state index contributed by atoms with van der Waals surface area (Å²) in [7, 11) is 1.63. The number of methoxy groups -OCH3 is 1. The molecule has 0 aliphatic carbocycles. The number of carbonyl (C=O) groups is 2.